The van der Waals surface area contributed by atoms with Crippen molar-refractivity contribution in [3.05, 3.63) is 84.5 Å². The molecule has 1 heterocycles. The Bertz CT molecular complexity index is 1070. The van der Waals surface area contributed by atoms with Gasteiger partial charge in [0.05, 0.1) is 4.99 Å². The van der Waals surface area contributed by atoms with E-state index in [1.54, 1.807) is 31.2 Å². The second-order valence-electron chi connectivity index (χ2n) is 8.50. The first kappa shape index (κ1) is 28.4. The molecule has 1 aliphatic carbocycles. The highest BCUT2D eigenvalue weighted by Gasteiger charge is 2.61. The van der Waals surface area contributed by atoms with Crippen LogP contribution in [0.3, 0.4) is 0 Å². The van der Waals surface area contributed by atoms with Gasteiger partial charge in [0.1, 0.15) is 22.6 Å². The average Bonchev–Trinajstić information content (AvgIpc) is 2.95. The molecule has 1 aromatic carbocycles. The molecule has 0 bridgehead atoms. The molecule has 3 nitrogen and oxygen atoms in total. The normalized spacial score (nSPS) is 23.3. The lowest BCUT2D eigenvalue weighted by Gasteiger charge is -2.46. The standard InChI is InChI=1S/C26H28F3NO2S.C2H6/c1-7-19-11-12-24(14-17(5)21(19)8-2)26(16(3)4,30-18(6)33)22-13-20(9-10-23(22)32-24)31-15-25(27,28)29;1-2/h7-10,13H,1-3,5,11-12,14-15H2,4,6H3,(H,30,33);1-2H3. The summed E-state index contributed by atoms with van der Waals surface area (Å²) in [7, 11) is 0. The lowest BCUT2D eigenvalue weighted by Crippen LogP contribution is -2.61. The second-order valence-corrected chi connectivity index (χ2v) is 9.11. The SMILES string of the molecule is C=CC1=C(C=C)C(=C)CC2(CC1)Oc1ccc(OCC(F)(F)F)cc1C2(NC(C)=S)C(=C)C.CC. The van der Waals surface area contributed by atoms with Crippen molar-refractivity contribution >= 4 is 17.2 Å². The second kappa shape index (κ2) is 10.9. The molecule has 1 spiro atoms. The largest absolute Gasteiger partial charge is 0.484 e. The number of fused-ring (bicyclic) bond motifs is 1. The molecule has 0 radical (unpaired) electrons. The zero-order valence-corrected chi connectivity index (χ0v) is 21.7. The van der Waals surface area contributed by atoms with E-state index < -0.39 is 23.9 Å². The zero-order chi connectivity index (χ0) is 26.6. The number of hydrogen-bond donors (Lipinski definition) is 1. The first-order valence-electron chi connectivity index (χ1n) is 11.5. The summed E-state index contributed by atoms with van der Waals surface area (Å²) in [5.74, 6) is 0.626. The molecule has 2 unspecified atom stereocenters. The van der Waals surface area contributed by atoms with E-state index >= 15 is 0 Å². The topological polar surface area (TPSA) is 30.5 Å². The predicted molar refractivity (Wildman–Crippen MR) is 141 cm³/mol. The molecule has 2 aliphatic rings. The fourth-order valence-electron chi connectivity index (χ4n) is 4.97. The van der Waals surface area contributed by atoms with Crippen molar-refractivity contribution in [2.45, 2.75) is 64.3 Å². The predicted octanol–water partition coefficient (Wildman–Crippen LogP) is 7.90. The first-order chi connectivity index (χ1) is 16.4. The van der Waals surface area contributed by atoms with Gasteiger partial charge in [-0.15, -0.1) is 0 Å². The molecule has 1 aliphatic heterocycles. The molecule has 2 atom stereocenters. The van der Waals surface area contributed by atoms with Crippen molar-refractivity contribution in [1.29, 1.82) is 0 Å². The van der Waals surface area contributed by atoms with Crippen LogP contribution in [-0.2, 0) is 5.54 Å². The highest BCUT2D eigenvalue weighted by Crippen LogP contribution is 2.58. The van der Waals surface area contributed by atoms with Crippen LogP contribution in [0.4, 0.5) is 13.2 Å². The highest BCUT2D eigenvalue weighted by molar-refractivity contribution is 7.80. The van der Waals surface area contributed by atoms with Crippen LogP contribution in [0, 0.1) is 0 Å². The van der Waals surface area contributed by atoms with Gasteiger partial charge in [-0.1, -0.05) is 64.5 Å². The maximum atomic E-state index is 12.8. The molecule has 3 rings (SSSR count). The van der Waals surface area contributed by atoms with Crippen LogP contribution in [0.15, 0.2) is 79.0 Å². The Balaban J connectivity index is 0.00000210. The number of rotatable bonds is 6. The molecule has 35 heavy (non-hydrogen) atoms. The molecular formula is C28H34F3NO2S. The van der Waals surface area contributed by atoms with E-state index in [1.165, 1.54) is 6.07 Å². The summed E-state index contributed by atoms with van der Waals surface area (Å²) in [6.07, 6.45) is 0.763. The molecule has 1 aromatic rings. The minimum absolute atomic E-state index is 0.0882. The number of allylic oxidation sites excluding steroid dienone is 4. The quantitative estimate of drug-likeness (QED) is 0.314. The Hall–Kier alpha value is -2.80. The number of benzene rings is 1. The molecule has 7 heteroatoms. The third-order valence-electron chi connectivity index (χ3n) is 6.22. The van der Waals surface area contributed by atoms with Gasteiger partial charge in [0, 0.05) is 12.0 Å². The van der Waals surface area contributed by atoms with Crippen molar-refractivity contribution in [2.24, 2.45) is 0 Å². The van der Waals surface area contributed by atoms with Gasteiger partial charge in [0.25, 0.3) is 0 Å². The van der Waals surface area contributed by atoms with Gasteiger partial charge in [-0.05, 0) is 67.2 Å². The number of thiocarbonyl (C=S) groups is 1. The molecule has 0 amide bonds. The summed E-state index contributed by atoms with van der Waals surface area (Å²) in [5, 5.41) is 3.40. The minimum atomic E-state index is -4.45. The van der Waals surface area contributed by atoms with Crippen LogP contribution in [-0.4, -0.2) is 23.4 Å². The maximum Gasteiger partial charge on any atom is 0.422 e. The van der Waals surface area contributed by atoms with E-state index in [9.17, 15) is 13.2 Å². The average molecular weight is 506 g/mol. The van der Waals surface area contributed by atoms with Crippen molar-refractivity contribution < 1.29 is 22.6 Å². The smallest absolute Gasteiger partial charge is 0.422 e. The Kier molecular flexibility index (Phi) is 8.82. The third-order valence-corrected chi connectivity index (χ3v) is 6.33. The van der Waals surface area contributed by atoms with E-state index in [4.69, 9.17) is 21.7 Å². The van der Waals surface area contributed by atoms with Gasteiger partial charge in [-0.2, -0.15) is 13.2 Å². The lowest BCUT2D eigenvalue weighted by atomic mass is 9.67. The number of halogens is 3. The van der Waals surface area contributed by atoms with Gasteiger partial charge in [-0.3, -0.25) is 0 Å². The Morgan fingerprint density at radius 2 is 1.89 bits per heavy atom. The summed E-state index contributed by atoms with van der Waals surface area (Å²) in [5.41, 5.74) is 2.23. The Labute approximate surface area is 212 Å². The maximum absolute atomic E-state index is 12.8. The summed E-state index contributed by atoms with van der Waals surface area (Å²) < 4.78 is 49.9. The summed E-state index contributed by atoms with van der Waals surface area (Å²) in [6, 6.07) is 4.70. The number of alkyl halides is 3. The Morgan fingerprint density at radius 3 is 2.40 bits per heavy atom. The van der Waals surface area contributed by atoms with Crippen LogP contribution in [0.2, 0.25) is 0 Å². The van der Waals surface area contributed by atoms with E-state index in [0.29, 0.717) is 41.1 Å². The van der Waals surface area contributed by atoms with E-state index in [2.05, 4.69) is 31.6 Å². The molecule has 190 valence electrons. The van der Waals surface area contributed by atoms with E-state index in [0.717, 1.165) is 16.7 Å². The highest BCUT2D eigenvalue weighted by atomic mass is 32.1. The Morgan fingerprint density at radius 1 is 1.23 bits per heavy atom. The van der Waals surface area contributed by atoms with Gasteiger partial charge in [0.15, 0.2) is 6.61 Å². The fraction of sp³-hybridized carbons (Fsp3) is 0.393. The van der Waals surface area contributed by atoms with Gasteiger partial charge in [0.2, 0.25) is 0 Å². The fourth-order valence-corrected chi connectivity index (χ4v) is 5.12. The van der Waals surface area contributed by atoms with Crippen LogP contribution >= 0.6 is 12.2 Å². The van der Waals surface area contributed by atoms with Crippen molar-refractivity contribution in [3.63, 3.8) is 0 Å². The van der Waals surface area contributed by atoms with Crippen LogP contribution < -0.4 is 14.8 Å². The van der Waals surface area contributed by atoms with Crippen molar-refractivity contribution in [1.82, 2.24) is 5.32 Å². The summed E-state index contributed by atoms with van der Waals surface area (Å²) in [6.45, 7) is 22.6. The molecule has 0 saturated heterocycles. The molecule has 1 N–H and O–H groups in total. The molecule has 0 fully saturated rings. The van der Waals surface area contributed by atoms with Gasteiger partial charge in [-0.25, -0.2) is 0 Å². The zero-order valence-electron chi connectivity index (χ0n) is 20.9. The number of hydrogen-bond acceptors (Lipinski definition) is 3. The van der Waals surface area contributed by atoms with E-state index in [-0.39, 0.29) is 5.75 Å². The van der Waals surface area contributed by atoms with Crippen LogP contribution in [0.25, 0.3) is 0 Å². The molecular weight excluding hydrogens is 471 g/mol. The summed E-state index contributed by atoms with van der Waals surface area (Å²) in [4.78, 5) is 0.506. The minimum Gasteiger partial charge on any atom is -0.484 e. The van der Waals surface area contributed by atoms with Gasteiger partial charge >= 0.3 is 6.18 Å². The number of nitrogens with one attached hydrogen (secondary N) is 1. The van der Waals surface area contributed by atoms with Crippen LogP contribution in [0.1, 0.15) is 52.5 Å². The lowest BCUT2D eigenvalue weighted by molar-refractivity contribution is -0.153. The monoisotopic (exact) mass is 505 g/mol. The molecule has 0 aromatic heterocycles. The van der Waals surface area contributed by atoms with E-state index in [1.807, 2.05) is 20.8 Å². The molecule has 0 saturated carbocycles. The number of ether oxygens (including phenoxy) is 2. The van der Waals surface area contributed by atoms with Crippen LogP contribution in [0.5, 0.6) is 11.5 Å². The van der Waals surface area contributed by atoms with Crippen molar-refractivity contribution in [2.75, 3.05) is 6.61 Å². The third kappa shape index (κ3) is 5.40. The van der Waals surface area contributed by atoms with Crippen molar-refractivity contribution in [3.8, 4) is 11.5 Å². The van der Waals surface area contributed by atoms with Gasteiger partial charge < -0.3 is 14.8 Å². The summed E-state index contributed by atoms with van der Waals surface area (Å²) >= 11 is 5.44. The first-order valence-corrected chi connectivity index (χ1v) is 11.9.